The SMILES string of the molecule is CCOc1ccc(C(=O)Oc2ccc3c(c2)OC(N)=C(C#N)C3c2cccc(OCc3ccccc3)c2)cc1. The standard InChI is InChI=1S/C32H26N2O5/c1-2-36-24-13-11-22(12-14-24)32(35)38-26-15-16-27-29(18-26)39-31(34)28(19-33)30(27)23-9-6-10-25(17-23)37-20-21-7-4-3-5-8-21/h3-18,30H,2,20,34H2,1H3. The maximum Gasteiger partial charge on any atom is 0.343 e. The number of nitrogens with zero attached hydrogens (tertiary/aromatic N) is 1. The zero-order chi connectivity index (χ0) is 27.2. The molecule has 1 aliphatic rings. The van der Waals surface area contributed by atoms with Crippen molar-refractivity contribution >= 4 is 5.97 Å². The van der Waals surface area contributed by atoms with Crippen LogP contribution in [0, 0.1) is 11.3 Å². The summed E-state index contributed by atoms with van der Waals surface area (Å²) in [5.41, 5.74) is 9.44. The lowest BCUT2D eigenvalue weighted by Crippen LogP contribution is -2.21. The highest BCUT2D eigenvalue weighted by Gasteiger charge is 2.31. The first-order valence-electron chi connectivity index (χ1n) is 12.5. The lowest BCUT2D eigenvalue weighted by molar-refractivity contribution is 0.0734. The lowest BCUT2D eigenvalue weighted by atomic mass is 9.83. The van der Waals surface area contributed by atoms with Gasteiger partial charge in [-0.3, -0.25) is 0 Å². The fourth-order valence-corrected chi connectivity index (χ4v) is 4.39. The number of rotatable bonds is 8. The van der Waals surface area contributed by atoms with E-state index in [9.17, 15) is 10.1 Å². The molecule has 1 aliphatic heterocycles. The molecule has 0 radical (unpaired) electrons. The van der Waals surface area contributed by atoms with Crippen molar-refractivity contribution in [3.05, 3.63) is 131 Å². The van der Waals surface area contributed by atoms with Gasteiger partial charge in [-0.15, -0.1) is 0 Å². The molecule has 2 N–H and O–H groups in total. The molecule has 1 atom stereocenters. The van der Waals surface area contributed by atoms with Crippen LogP contribution in [0.5, 0.6) is 23.0 Å². The minimum absolute atomic E-state index is 0.000552. The van der Waals surface area contributed by atoms with Gasteiger partial charge in [-0.25, -0.2) is 4.79 Å². The van der Waals surface area contributed by atoms with Crippen molar-refractivity contribution < 1.29 is 23.7 Å². The molecular formula is C32H26N2O5. The van der Waals surface area contributed by atoms with E-state index in [1.807, 2.05) is 61.5 Å². The maximum absolute atomic E-state index is 12.7. The first-order chi connectivity index (χ1) is 19.1. The molecule has 0 saturated carbocycles. The van der Waals surface area contributed by atoms with E-state index in [0.29, 0.717) is 47.3 Å². The number of allylic oxidation sites excluding steroid dienone is 1. The summed E-state index contributed by atoms with van der Waals surface area (Å²) in [5, 5.41) is 9.92. The van der Waals surface area contributed by atoms with Crippen LogP contribution in [0.3, 0.4) is 0 Å². The monoisotopic (exact) mass is 518 g/mol. The topological polar surface area (TPSA) is 104 Å². The van der Waals surface area contributed by atoms with Gasteiger partial charge in [0.1, 0.15) is 41.2 Å². The number of carbonyl (C=O) groups is 1. The van der Waals surface area contributed by atoms with E-state index in [1.165, 1.54) is 0 Å². The van der Waals surface area contributed by atoms with Crippen molar-refractivity contribution in [2.45, 2.75) is 19.4 Å². The summed E-state index contributed by atoms with van der Waals surface area (Å²) in [6.45, 7) is 2.85. The normalized spacial score (nSPS) is 14.0. The van der Waals surface area contributed by atoms with Gasteiger partial charge in [0.25, 0.3) is 0 Å². The van der Waals surface area contributed by atoms with E-state index in [-0.39, 0.29) is 5.88 Å². The van der Waals surface area contributed by atoms with E-state index in [0.717, 1.165) is 16.7 Å². The molecule has 0 amide bonds. The van der Waals surface area contributed by atoms with E-state index in [1.54, 1.807) is 42.5 Å². The molecule has 1 unspecified atom stereocenters. The fourth-order valence-electron chi connectivity index (χ4n) is 4.39. The van der Waals surface area contributed by atoms with Crippen LogP contribution >= 0.6 is 0 Å². The van der Waals surface area contributed by atoms with E-state index < -0.39 is 11.9 Å². The van der Waals surface area contributed by atoms with Crippen molar-refractivity contribution in [2.24, 2.45) is 5.73 Å². The largest absolute Gasteiger partial charge is 0.494 e. The Labute approximate surface area is 226 Å². The Hall–Kier alpha value is -5.22. The van der Waals surface area contributed by atoms with Gasteiger partial charge in [0.15, 0.2) is 0 Å². The molecule has 0 fully saturated rings. The van der Waals surface area contributed by atoms with E-state index >= 15 is 0 Å². The highest BCUT2D eigenvalue weighted by molar-refractivity contribution is 5.91. The molecule has 0 aliphatic carbocycles. The van der Waals surface area contributed by atoms with Crippen molar-refractivity contribution in [1.82, 2.24) is 0 Å². The van der Waals surface area contributed by atoms with Crippen molar-refractivity contribution in [2.75, 3.05) is 6.61 Å². The molecule has 1 heterocycles. The predicted octanol–water partition coefficient (Wildman–Crippen LogP) is 6.10. The van der Waals surface area contributed by atoms with Crippen LogP contribution in [0.1, 0.15) is 39.9 Å². The summed E-state index contributed by atoms with van der Waals surface area (Å²) in [4.78, 5) is 12.7. The van der Waals surface area contributed by atoms with Crippen LogP contribution in [0.15, 0.2) is 109 Å². The van der Waals surface area contributed by atoms with Crippen LogP contribution in [0.4, 0.5) is 0 Å². The van der Waals surface area contributed by atoms with Gasteiger partial charge in [-0.1, -0.05) is 48.5 Å². The second kappa shape index (κ2) is 11.4. The summed E-state index contributed by atoms with van der Waals surface area (Å²) in [6, 6.07) is 31.4. The maximum atomic E-state index is 12.7. The molecule has 39 heavy (non-hydrogen) atoms. The number of esters is 1. The molecule has 4 aromatic carbocycles. The summed E-state index contributed by atoms with van der Waals surface area (Å²) < 4.78 is 22.8. The molecule has 0 aromatic heterocycles. The number of hydrogen-bond donors (Lipinski definition) is 1. The Morgan fingerprint density at radius 2 is 1.67 bits per heavy atom. The smallest absolute Gasteiger partial charge is 0.343 e. The molecular weight excluding hydrogens is 492 g/mol. The third kappa shape index (κ3) is 5.71. The van der Waals surface area contributed by atoms with Gasteiger partial charge in [0, 0.05) is 11.6 Å². The van der Waals surface area contributed by atoms with Crippen LogP contribution < -0.4 is 24.7 Å². The molecule has 0 spiro atoms. The van der Waals surface area contributed by atoms with Gasteiger partial charge in [0.2, 0.25) is 5.88 Å². The van der Waals surface area contributed by atoms with Gasteiger partial charge < -0.3 is 24.7 Å². The molecule has 0 bridgehead atoms. The number of ether oxygens (including phenoxy) is 4. The Balaban J connectivity index is 1.39. The summed E-state index contributed by atoms with van der Waals surface area (Å²) in [6.07, 6.45) is 0. The Bertz CT molecular complexity index is 1560. The number of benzene rings is 4. The predicted molar refractivity (Wildman–Crippen MR) is 146 cm³/mol. The van der Waals surface area contributed by atoms with Crippen LogP contribution in [-0.4, -0.2) is 12.6 Å². The molecule has 5 rings (SSSR count). The minimum atomic E-state index is -0.519. The average molecular weight is 519 g/mol. The number of hydrogen-bond acceptors (Lipinski definition) is 7. The quantitative estimate of drug-likeness (QED) is 0.222. The van der Waals surface area contributed by atoms with Gasteiger partial charge >= 0.3 is 5.97 Å². The molecule has 4 aromatic rings. The van der Waals surface area contributed by atoms with Crippen molar-refractivity contribution in [3.8, 4) is 29.1 Å². The third-order valence-electron chi connectivity index (χ3n) is 6.24. The van der Waals surface area contributed by atoms with Crippen molar-refractivity contribution in [1.29, 1.82) is 5.26 Å². The second-order valence-electron chi connectivity index (χ2n) is 8.82. The number of carbonyl (C=O) groups excluding carboxylic acids is 1. The first kappa shape index (κ1) is 25.4. The summed E-state index contributed by atoms with van der Waals surface area (Å²) >= 11 is 0. The van der Waals surface area contributed by atoms with Crippen molar-refractivity contribution in [3.63, 3.8) is 0 Å². The summed E-state index contributed by atoms with van der Waals surface area (Å²) in [7, 11) is 0. The van der Waals surface area contributed by atoms with Gasteiger partial charge in [-0.2, -0.15) is 5.26 Å². The Morgan fingerprint density at radius 3 is 2.41 bits per heavy atom. The van der Waals surface area contributed by atoms with Crippen LogP contribution in [-0.2, 0) is 6.61 Å². The van der Waals surface area contributed by atoms with E-state index in [2.05, 4.69) is 6.07 Å². The second-order valence-corrected chi connectivity index (χ2v) is 8.82. The minimum Gasteiger partial charge on any atom is -0.494 e. The zero-order valence-corrected chi connectivity index (χ0v) is 21.3. The first-order valence-corrected chi connectivity index (χ1v) is 12.5. The number of nitriles is 1. The number of fused-ring (bicyclic) bond motifs is 1. The van der Waals surface area contributed by atoms with Gasteiger partial charge in [0.05, 0.1) is 18.1 Å². The Morgan fingerprint density at radius 1 is 0.897 bits per heavy atom. The van der Waals surface area contributed by atoms with Crippen LogP contribution in [0.25, 0.3) is 0 Å². The fraction of sp³-hybridized carbons (Fsp3) is 0.125. The average Bonchev–Trinajstić information content (AvgIpc) is 2.96. The zero-order valence-electron chi connectivity index (χ0n) is 21.3. The van der Waals surface area contributed by atoms with Crippen LogP contribution in [0.2, 0.25) is 0 Å². The molecule has 0 saturated heterocycles. The number of nitrogens with two attached hydrogens (primary N) is 1. The van der Waals surface area contributed by atoms with Gasteiger partial charge in [-0.05, 0) is 60.5 Å². The highest BCUT2D eigenvalue weighted by atomic mass is 16.5. The highest BCUT2D eigenvalue weighted by Crippen LogP contribution is 2.44. The Kier molecular flexibility index (Phi) is 7.46. The molecule has 7 heteroatoms. The summed E-state index contributed by atoms with van der Waals surface area (Å²) in [5.74, 6) is 1.04. The molecule has 7 nitrogen and oxygen atoms in total. The lowest BCUT2D eigenvalue weighted by Gasteiger charge is -2.27. The third-order valence-corrected chi connectivity index (χ3v) is 6.24. The van der Waals surface area contributed by atoms with E-state index in [4.69, 9.17) is 24.7 Å². The molecule has 194 valence electrons.